The summed E-state index contributed by atoms with van der Waals surface area (Å²) in [5.41, 5.74) is 1.21. The van der Waals surface area contributed by atoms with Gasteiger partial charge in [-0.2, -0.15) is 0 Å². The van der Waals surface area contributed by atoms with Gasteiger partial charge in [0.15, 0.2) is 0 Å². The molecule has 0 aliphatic rings. The van der Waals surface area contributed by atoms with Crippen LogP contribution in [0.5, 0.6) is 5.75 Å². The Morgan fingerprint density at radius 3 is 2.79 bits per heavy atom. The molecule has 0 aliphatic heterocycles. The molecule has 0 aromatic heterocycles. The van der Waals surface area contributed by atoms with Crippen LogP contribution in [0, 0.1) is 0 Å². The Kier molecular flexibility index (Phi) is 4.47. The van der Waals surface area contributed by atoms with Crippen LogP contribution in [0.1, 0.15) is 25.3 Å². The van der Waals surface area contributed by atoms with Crippen LogP contribution < -0.4 is 5.32 Å². The summed E-state index contributed by atoms with van der Waals surface area (Å²) in [6, 6.07) is 8.08. The first-order valence-corrected chi connectivity index (χ1v) is 5.21. The molecule has 2 N–H and O–H groups in total. The summed E-state index contributed by atoms with van der Waals surface area (Å²) >= 11 is 0. The molecule has 0 unspecified atom stereocenters. The normalized spacial score (nSPS) is 12.7. The van der Waals surface area contributed by atoms with Crippen LogP contribution in [0.25, 0.3) is 0 Å². The minimum absolute atomic E-state index is 0.361. The molecule has 2 heteroatoms. The first-order valence-electron chi connectivity index (χ1n) is 5.21. The number of aromatic hydroxyl groups is 1. The molecule has 14 heavy (non-hydrogen) atoms. The molecule has 0 radical (unpaired) electrons. The molecule has 0 heterocycles. The maximum atomic E-state index is 9.28. The molecule has 1 aromatic carbocycles. The van der Waals surface area contributed by atoms with Gasteiger partial charge in [-0.25, -0.2) is 0 Å². The Morgan fingerprint density at radius 1 is 1.43 bits per heavy atom. The van der Waals surface area contributed by atoms with Gasteiger partial charge in [-0.1, -0.05) is 19.1 Å². The summed E-state index contributed by atoms with van der Waals surface area (Å²) in [7, 11) is 2.00. The highest BCUT2D eigenvalue weighted by Gasteiger charge is 2.03. The molecule has 0 bridgehead atoms. The highest BCUT2D eigenvalue weighted by Crippen LogP contribution is 2.13. The van der Waals surface area contributed by atoms with E-state index in [1.54, 1.807) is 6.07 Å². The molecule has 0 amide bonds. The lowest BCUT2D eigenvalue weighted by Crippen LogP contribution is -2.24. The van der Waals surface area contributed by atoms with Crippen molar-refractivity contribution in [1.29, 1.82) is 0 Å². The number of rotatable bonds is 5. The lowest BCUT2D eigenvalue weighted by atomic mass is 10.0. The summed E-state index contributed by atoms with van der Waals surface area (Å²) < 4.78 is 0. The molecular formula is C12H19NO. The third kappa shape index (κ3) is 3.38. The zero-order chi connectivity index (χ0) is 10.4. The Labute approximate surface area is 86.0 Å². The van der Waals surface area contributed by atoms with E-state index in [0.29, 0.717) is 11.8 Å². The zero-order valence-electron chi connectivity index (χ0n) is 8.96. The van der Waals surface area contributed by atoms with E-state index in [4.69, 9.17) is 0 Å². The number of phenols is 1. The standard InChI is InChI=1S/C12H19NO/c1-3-11(13-2)8-7-10-5-4-6-12(14)9-10/h4-6,9,11,13-14H,3,7-8H2,1-2H3/t11-/m1/s1. The Hall–Kier alpha value is -1.02. The molecule has 1 rings (SSSR count). The van der Waals surface area contributed by atoms with Gasteiger partial charge in [0, 0.05) is 6.04 Å². The number of benzene rings is 1. The fourth-order valence-corrected chi connectivity index (χ4v) is 1.61. The quantitative estimate of drug-likeness (QED) is 0.752. The molecule has 2 nitrogen and oxygen atoms in total. The Morgan fingerprint density at radius 2 is 2.21 bits per heavy atom. The van der Waals surface area contributed by atoms with Crippen molar-refractivity contribution in [3.63, 3.8) is 0 Å². The molecule has 78 valence electrons. The molecule has 1 atom stereocenters. The maximum absolute atomic E-state index is 9.28. The number of nitrogens with one attached hydrogen (secondary N) is 1. The third-order valence-corrected chi connectivity index (χ3v) is 2.59. The average Bonchev–Trinajstić information content (AvgIpc) is 2.19. The third-order valence-electron chi connectivity index (χ3n) is 2.59. The van der Waals surface area contributed by atoms with Crippen LogP contribution >= 0.6 is 0 Å². The molecule has 0 spiro atoms. The fourth-order valence-electron chi connectivity index (χ4n) is 1.61. The number of phenolic OH excluding ortho intramolecular Hbond substituents is 1. The van der Waals surface area contributed by atoms with Crippen LogP contribution in [-0.4, -0.2) is 18.2 Å². The number of hydrogen-bond donors (Lipinski definition) is 2. The van der Waals surface area contributed by atoms with Gasteiger partial charge in [0.05, 0.1) is 0 Å². The van der Waals surface area contributed by atoms with Crippen molar-refractivity contribution < 1.29 is 5.11 Å². The summed E-state index contributed by atoms with van der Waals surface area (Å²) in [5, 5.41) is 12.6. The van der Waals surface area contributed by atoms with Gasteiger partial charge in [0.1, 0.15) is 5.75 Å². The van der Waals surface area contributed by atoms with E-state index >= 15 is 0 Å². The van der Waals surface area contributed by atoms with E-state index in [1.807, 2.05) is 19.2 Å². The maximum Gasteiger partial charge on any atom is 0.115 e. The van der Waals surface area contributed by atoms with Crippen molar-refractivity contribution in [3.8, 4) is 5.75 Å². The topological polar surface area (TPSA) is 32.3 Å². The second-order valence-corrected chi connectivity index (χ2v) is 3.60. The predicted octanol–water partition coefficient (Wildman–Crippen LogP) is 2.32. The van der Waals surface area contributed by atoms with E-state index in [1.165, 1.54) is 5.56 Å². The SMILES string of the molecule is CC[C@H](CCc1cccc(O)c1)NC. The monoisotopic (exact) mass is 193 g/mol. The highest BCUT2D eigenvalue weighted by atomic mass is 16.3. The van der Waals surface area contributed by atoms with Gasteiger partial charge >= 0.3 is 0 Å². The molecule has 0 saturated heterocycles. The van der Waals surface area contributed by atoms with Gasteiger partial charge in [-0.05, 0) is 44.0 Å². The molecule has 0 saturated carbocycles. The second kappa shape index (κ2) is 5.66. The minimum atomic E-state index is 0.361. The van der Waals surface area contributed by atoms with Crippen LogP contribution in [0.2, 0.25) is 0 Å². The summed E-state index contributed by atoms with van der Waals surface area (Å²) in [4.78, 5) is 0. The Balaban J connectivity index is 2.44. The van der Waals surface area contributed by atoms with E-state index in [0.717, 1.165) is 19.3 Å². The Bertz CT molecular complexity index is 269. The van der Waals surface area contributed by atoms with Crippen LogP contribution in [0.4, 0.5) is 0 Å². The molecular weight excluding hydrogens is 174 g/mol. The highest BCUT2D eigenvalue weighted by molar-refractivity contribution is 5.27. The van der Waals surface area contributed by atoms with Crippen molar-refractivity contribution in [3.05, 3.63) is 29.8 Å². The van der Waals surface area contributed by atoms with Crippen LogP contribution in [-0.2, 0) is 6.42 Å². The van der Waals surface area contributed by atoms with Gasteiger partial charge in [-0.15, -0.1) is 0 Å². The smallest absolute Gasteiger partial charge is 0.115 e. The van der Waals surface area contributed by atoms with E-state index < -0.39 is 0 Å². The van der Waals surface area contributed by atoms with Crippen molar-refractivity contribution in [2.45, 2.75) is 32.2 Å². The van der Waals surface area contributed by atoms with Crippen molar-refractivity contribution >= 4 is 0 Å². The van der Waals surface area contributed by atoms with Gasteiger partial charge in [0.2, 0.25) is 0 Å². The van der Waals surface area contributed by atoms with Crippen molar-refractivity contribution in [2.75, 3.05) is 7.05 Å². The van der Waals surface area contributed by atoms with Gasteiger partial charge in [-0.3, -0.25) is 0 Å². The second-order valence-electron chi connectivity index (χ2n) is 3.60. The lowest BCUT2D eigenvalue weighted by Gasteiger charge is -2.13. The zero-order valence-corrected chi connectivity index (χ0v) is 8.96. The van der Waals surface area contributed by atoms with Crippen molar-refractivity contribution in [1.82, 2.24) is 5.32 Å². The van der Waals surface area contributed by atoms with E-state index in [-0.39, 0.29) is 0 Å². The summed E-state index contributed by atoms with van der Waals surface area (Å²) in [6.07, 6.45) is 3.29. The first-order chi connectivity index (χ1) is 6.76. The van der Waals surface area contributed by atoms with Gasteiger partial charge < -0.3 is 10.4 Å². The fraction of sp³-hybridized carbons (Fsp3) is 0.500. The number of aryl methyl sites for hydroxylation is 1. The van der Waals surface area contributed by atoms with E-state index in [2.05, 4.69) is 18.3 Å². The van der Waals surface area contributed by atoms with Gasteiger partial charge in [0.25, 0.3) is 0 Å². The summed E-state index contributed by atoms with van der Waals surface area (Å²) in [5.74, 6) is 0.361. The van der Waals surface area contributed by atoms with Crippen molar-refractivity contribution in [2.24, 2.45) is 0 Å². The van der Waals surface area contributed by atoms with E-state index in [9.17, 15) is 5.11 Å². The molecule has 1 aromatic rings. The average molecular weight is 193 g/mol. The first kappa shape index (κ1) is 11.1. The lowest BCUT2D eigenvalue weighted by molar-refractivity contribution is 0.473. The minimum Gasteiger partial charge on any atom is -0.508 e. The van der Waals surface area contributed by atoms with Crippen LogP contribution in [0.15, 0.2) is 24.3 Å². The number of hydrogen-bond acceptors (Lipinski definition) is 2. The molecule has 0 aliphatic carbocycles. The molecule has 0 fully saturated rings. The summed E-state index contributed by atoms with van der Waals surface area (Å²) in [6.45, 7) is 2.18. The van der Waals surface area contributed by atoms with Crippen LogP contribution in [0.3, 0.4) is 0 Å². The largest absolute Gasteiger partial charge is 0.508 e. The predicted molar refractivity (Wildman–Crippen MR) is 59.6 cm³/mol.